The van der Waals surface area contributed by atoms with Gasteiger partial charge in [0.15, 0.2) is 0 Å². The molecule has 0 saturated carbocycles. The summed E-state index contributed by atoms with van der Waals surface area (Å²) in [6.45, 7) is 0. The molecule has 11 aromatic rings. The van der Waals surface area contributed by atoms with Crippen molar-refractivity contribution in [1.29, 1.82) is 0 Å². The van der Waals surface area contributed by atoms with E-state index in [-0.39, 0.29) is 0 Å². The Bertz CT molecular complexity index is 3380. The normalized spacial score (nSPS) is 13.4. The molecule has 0 atom stereocenters. The van der Waals surface area contributed by atoms with E-state index in [2.05, 4.69) is 290 Å². The molecule has 1 heteroatoms. The third-order valence-corrected chi connectivity index (χ3v) is 14.8. The van der Waals surface area contributed by atoms with Crippen molar-refractivity contribution in [2.75, 3.05) is 4.90 Å². The molecule has 0 unspecified atom stereocenters. The standard InChI is InChI=1S/C68H47N/c1-6-22-48(23-7-1)57-32-16-17-33-58(57)49-38-40-54(41-39-49)69(55-42-44-61-59-34-18-20-36-63(59)67(65(61)46-55,50-24-8-2-9-25-50)51-26-10-3-11-27-51)56-43-45-62-60-35-19-21-37-64(60)68(66(62)47-56,52-28-12-4-13-29-52)53-30-14-5-15-31-53/h1-47H. The monoisotopic (exact) mass is 877 g/mol. The van der Waals surface area contributed by atoms with Crippen LogP contribution in [-0.2, 0) is 10.8 Å². The molecule has 0 aromatic heterocycles. The summed E-state index contributed by atoms with van der Waals surface area (Å²) in [4.78, 5) is 2.49. The minimum Gasteiger partial charge on any atom is -0.310 e. The molecule has 2 aliphatic carbocycles. The molecular formula is C68H47N. The molecule has 0 saturated heterocycles. The van der Waals surface area contributed by atoms with Crippen LogP contribution in [-0.4, -0.2) is 0 Å². The predicted molar refractivity (Wildman–Crippen MR) is 287 cm³/mol. The van der Waals surface area contributed by atoms with Gasteiger partial charge < -0.3 is 4.90 Å². The highest BCUT2D eigenvalue weighted by molar-refractivity contribution is 5.93. The zero-order chi connectivity index (χ0) is 45.8. The van der Waals surface area contributed by atoms with Gasteiger partial charge in [-0.25, -0.2) is 0 Å². The van der Waals surface area contributed by atoms with E-state index in [0.717, 1.165) is 17.1 Å². The zero-order valence-corrected chi connectivity index (χ0v) is 38.1. The molecule has 1 nitrogen and oxygen atoms in total. The fraction of sp³-hybridized carbons (Fsp3) is 0.0294. The zero-order valence-electron chi connectivity index (χ0n) is 38.1. The predicted octanol–water partition coefficient (Wildman–Crippen LogP) is 17.2. The first-order valence-corrected chi connectivity index (χ1v) is 24.0. The average molecular weight is 878 g/mol. The second-order valence-electron chi connectivity index (χ2n) is 18.3. The van der Waals surface area contributed by atoms with Crippen LogP contribution < -0.4 is 4.90 Å². The lowest BCUT2D eigenvalue weighted by molar-refractivity contribution is 0.767. The Balaban J connectivity index is 1.06. The maximum atomic E-state index is 2.49. The van der Waals surface area contributed by atoms with Crippen molar-refractivity contribution < 1.29 is 0 Å². The number of benzene rings is 11. The topological polar surface area (TPSA) is 3.24 Å². The second kappa shape index (κ2) is 16.5. The molecule has 0 aliphatic heterocycles. The Kier molecular flexibility index (Phi) is 9.70. The van der Waals surface area contributed by atoms with E-state index >= 15 is 0 Å². The number of fused-ring (bicyclic) bond motifs is 6. The molecule has 69 heavy (non-hydrogen) atoms. The molecule has 0 bridgehead atoms. The van der Waals surface area contributed by atoms with E-state index in [4.69, 9.17) is 0 Å². The van der Waals surface area contributed by atoms with Crippen LogP contribution in [0.25, 0.3) is 44.5 Å². The van der Waals surface area contributed by atoms with Crippen molar-refractivity contribution in [3.05, 3.63) is 330 Å². The van der Waals surface area contributed by atoms with Crippen LogP contribution in [0.1, 0.15) is 44.5 Å². The van der Waals surface area contributed by atoms with Crippen LogP contribution >= 0.6 is 0 Å². The summed E-state index contributed by atoms with van der Waals surface area (Å²) in [5.74, 6) is 0. The minimum absolute atomic E-state index is 0.545. The van der Waals surface area contributed by atoms with Crippen LogP contribution in [0.3, 0.4) is 0 Å². The first-order valence-electron chi connectivity index (χ1n) is 24.0. The summed E-state index contributed by atoms with van der Waals surface area (Å²) in [5, 5.41) is 0. The molecule has 13 rings (SSSR count). The number of hydrogen-bond donors (Lipinski definition) is 0. The van der Waals surface area contributed by atoms with Crippen molar-refractivity contribution >= 4 is 17.1 Å². The number of rotatable bonds is 9. The lowest BCUT2D eigenvalue weighted by atomic mass is 9.67. The lowest BCUT2D eigenvalue weighted by Crippen LogP contribution is -2.29. The molecule has 0 fully saturated rings. The van der Waals surface area contributed by atoms with Crippen LogP contribution in [0.2, 0.25) is 0 Å². The molecule has 324 valence electrons. The van der Waals surface area contributed by atoms with Gasteiger partial charge in [-0.3, -0.25) is 0 Å². The Hall–Kier alpha value is -8.78. The van der Waals surface area contributed by atoms with E-state index in [9.17, 15) is 0 Å². The Morgan fingerprint density at radius 3 is 0.884 bits per heavy atom. The smallest absolute Gasteiger partial charge is 0.0714 e. The fourth-order valence-electron chi connectivity index (χ4n) is 12.0. The number of hydrogen-bond acceptors (Lipinski definition) is 1. The van der Waals surface area contributed by atoms with Crippen molar-refractivity contribution in [3.8, 4) is 44.5 Å². The number of anilines is 3. The minimum atomic E-state index is -0.545. The van der Waals surface area contributed by atoms with E-state index in [0.29, 0.717) is 0 Å². The second-order valence-corrected chi connectivity index (χ2v) is 18.3. The van der Waals surface area contributed by atoms with Gasteiger partial charge in [-0.1, -0.05) is 249 Å². The maximum Gasteiger partial charge on any atom is 0.0714 e. The van der Waals surface area contributed by atoms with Gasteiger partial charge in [0, 0.05) is 17.1 Å². The first-order chi connectivity index (χ1) is 34.2. The van der Waals surface area contributed by atoms with Gasteiger partial charge in [0.25, 0.3) is 0 Å². The summed E-state index contributed by atoms with van der Waals surface area (Å²) in [5.41, 5.74) is 22.2. The molecular weight excluding hydrogens is 831 g/mol. The van der Waals surface area contributed by atoms with Gasteiger partial charge in [0.05, 0.1) is 10.8 Å². The van der Waals surface area contributed by atoms with Gasteiger partial charge in [0.1, 0.15) is 0 Å². The highest BCUT2D eigenvalue weighted by Gasteiger charge is 2.48. The molecule has 0 N–H and O–H groups in total. The Labute approximate surface area is 404 Å². The van der Waals surface area contributed by atoms with Gasteiger partial charge in [-0.2, -0.15) is 0 Å². The highest BCUT2D eigenvalue weighted by Crippen LogP contribution is 2.59. The van der Waals surface area contributed by atoms with Gasteiger partial charge in [-0.15, -0.1) is 0 Å². The summed E-state index contributed by atoms with van der Waals surface area (Å²) in [7, 11) is 0. The quantitative estimate of drug-likeness (QED) is 0.140. The van der Waals surface area contributed by atoms with Crippen molar-refractivity contribution in [3.63, 3.8) is 0 Å². The number of nitrogens with zero attached hydrogens (tertiary/aromatic N) is 1. The summed E-state index contributed by atoms with van der Waals surface area (Å²) in [6, 6.07) is 106. The molecule has 0 radical (unpaired) electrons. The third kappa shape index (κ3) is 6.24. The first kappa shape index (κ1) is 40.5. The van der Waals surface area contributed by atoms with E-state index in [1.54, 1.807) is 0 Å². The molecule has 2 aliphatic rings. The summed E-state index contributed by atoms with van der Waals surface area (Å²) in [6.07, 6.45) is 0. The van der Waals surface area contributed by atoms with Gasteiger partial charge >= 0.3 is 0 Å². The SMILES string of the molecule is c1ccc(-c2ccccc2-c2ccc(N(c3ccc4c(c3)C(c3ccccc3)(c3ccccc3)c3ccccc3-4)c3ccc4c(c3)C(c3ccccc3)(c3ccccc3)c3ccccc3-4)cc2)cc1. The fourth-order valence-corrected chi connectivity index (χ4v) is 12.0. The van der Waals surface area contributed by atoms with Gasteiger partial charge in [0.2, 0.25) is 0 Å². The third-order valence-electron chi connectivity index (χ3n) is 14.8. The Morgan fingerprint density at radius 1 is 0.203 bits per heavy atom. The highest BCUT2D eigenvalue weighted by atomic mass is 15.1. The van der Waals surface area contributed by atoms with Crippen molar-refractivity contribution in [1.82, 2.24) is 0 Å². The van der Waals surface area contributed by atoms with Crippen molar-refractivity contribution in [2.24, 2.45) is 0 Å². The van der Waals surface area contributed by atoms with Gasteiger partial charge in [-0.05, 0) is 125 Å². The van der Waals surface area contributed by atoms with Crippen molar-refractivity contribution in [2.45, 2.75) is 10.8 Å². The lowest BCUT2D eigenvalue weighted by Gasteiger charge is -2.36. The van der Waals surface area contributed by atoms with Crippen LogP contribution in [0.5, 0.6) is 0 Å². The largest absolute Gasteiger partial charge is 0.310 e. The molecule has 0 amide bonds. The summed E-state index contributed by atoms with van der Waals surface area (Å²) < 4.78 is 0. The average Bonchev–Trinajstić information content (AvgIpc) is 3.90. The van der Waals surface area contributed by atoms with E-state index in [1.165, 1.54) is 89.0 Å². The maximum absolute atomic E-state index is 2.49. The molecule has 0 spiro atoms. The van der Waals surface area contributed by atoms with E-state index in [1.807, 2.05) is 0 Å². The van der Waals surface area contributed by atoms with Crippen LogP contribution in [0.4, 0.5) is 17.1 Å². The molecule has 0 heterocycles. The molecule has 11 aromatic carbocycles. The Morgan fingerprint density at radius 2 is 0.493 bits per heavy atom. The van der Waals surface area contributed by atoms with Crippen LogP contribution in [0, 0.1) is 0 Å². The van der Waals surface area contributed by atoms with E-state index < -0.39 is 10.8 Å². The van der Waals surface area contributed by atoms with Crippen LogP contribution in [0.15, 0.2) is 285 Å². The summed E-state index contributed by atoms with van der Waals surface area (Å²) >= 11 is 0.